The first-order valence-corrected chi connectivity index (χ1v) is 6.95. The van der Waals surface area contributed by atoms with Gasteiger partial charge in [-0.1, -0.05) is 13.8 Å². The second kappa shape index (κ2) is 6.92. The van der Waals surface area contributed by atoms with Crippen molar-refractivity contribution in [2.75, 3.05) is 13.7 Å². The highest BCUT2D eigenvalue weighted by Crippen LogP contribution is 2.32. The second-order valence-corrected chi connectivity index (χ2v) is 5.21. The van der Waals surface area contributed by atoms with Crippen LogP contribution in [0.5, 0.6) is 11.5 Å². The van der Waals surface area contributed by atoms with Crippen molar-refractivity contribution in [3.05, 3.63) is 30.0 Å². The van der Waals surface area contributed by atoms with Gasteiger partial charge in [-0.2, -0.15) is 5.10 Å². The van der Waals surface area contributed by atoms with E-state index in [0.29, 0.717) is 35.3 Å². The Bertz CT molecular complexity index is 605. The number of rotatable bonds is 7. The molecule has 0 spiro atoms. The number of methoxy groups -OCH3 is 1. The fraction of sp³-hybridized carbons (Fsp3) is 0.375. The first-order valence-electron chi connectivity index (χ1n) is 6.95. The number of ether oxygens (including phenoxy) is 2. The molecule has 5 nitrogen and oxygen atoms in total. The number of benzene rings is 1. The molecule has 0 saturated heterocycles. The molecule has 21 heavy (non-hydrogen) atoms. The van der Waals surface area contributed by atoms with Crippen LogP contribution < -0.4 is 9.47 Å². The maximum atomic E-state index is 11.0. The monoisotopic (exact) mass is 288 g/mol. The van der Waals surface area contributed by atoms with E-state index in [1.807, 2.05) is 18.2 Å². The zero-order valence-corrected chi connectivity index (χ0v) is 12.6. The summed E-state index contributed by atoms with van der Waals surface area (Å²) in [6.45, 7) is 4.96. The molecule has 0 fully saturated rings. The Labute approximate surface area is 124 Å². The first kappa shape index (κ1) is 15.1. The van der Waals surface area contributed by atoms with Gasteiger partial charge in [0, 0.05) is 5.56 Å². The van der Waals surface area contributed by atoms with Crippen molar-refractivity contribution in [1.82, 2.24) is 10.2 Å². The Balaban J connectivity index is 2.22. The number of nitrogens with one attached hydrogen (secondary N) is 1. The second-order valence-electron chi connectivity index (χ2n) is 5.21. The summed E-state index contributed by atoms with van der Waals surface area (Å²) in [5.41, 5.74) is 2.03. The van der Waals surface area contributed by atoms with Crippen LogP contribution in [0.4, 0.5) is 0 Å². The molecule has 0 amide bonds. The lowest BCUT2D eigenvalue weighted by Crippen LogP contribution is -2.02. The van der Waals surface area contributed by atoms with E-state index in [1.54, 1.807) is 7.11 Å². The van der Waals surface area contributed by atoms with Crippen LogP contribution in [0.3, 0.4) is 0 Å². The zero-order chi connectivity index (χ0) is 15.2. The lowest BCUT2D eigenvalue weighted by Gasteiger charge is -2.13. The van der Waals surface area contributed by atoms with Gasteiger partial charge in [0.05, 0.1) is 31.2 Å². The van der Waals surface area contributed by atoms with Crippen molar-refractivity contribution in [3.8, 4) is 22.8 Å². The Morgan fingerprint density at radius 2 is 2.14 bits per heavy atom. The van der Waals surface area contributed by atoms with Gasteiger partial charge in [0.15, 0.2) is 17.8 Å². The summed E-state index contributed by atoms with van der Waals surface area (Å²) >= 11 is 0. The normalized spacial score (nSPS) is 10.7. The zero-order valence-electron chi connectivity index (χ0n) is 12.6. The predicted molar refractivity (Wildman–Crippen MR) is 80.9 cm³/mol. The standard InChI is InChI=1S/C16H20N2O3/c1-11(2)6-7-21-14-5-4-12(8-15(14)20-3)16-13(10-19)9-17-18-16/h4-5,8-11H,6-7H2,1-3H3,(H,17,18). The highest BCUT2D eigenvalue weighted by atomic mass is 16.5. The minimum absolute atomic E-state index is 0.519. The van der Waals surface area contributed by atoms with Gasteiger partial charge in [-0.3, -0.25) is 9.89 Å². The molecular weight excluding hydrogens is 268 g/mol. The average Bonchev–Trinajstić information content (AvgIpc) is 2.95. The number of carbonyl (C=O) groups excluding carboxylic acids is 1. The van der Waals surface area contributed by atoms with Crippen LogP contribution in [0.1, 0.15) is 30.6 Å². The van der Waals surface area contributed by atoms with Crippen LogP contribution in [-0.2, 0) is 0 Å². The van der Waals surface area contributed by atoms with E-state index in [4.69, 9.17) is 9.47 Å². The van der Waals surface area contributed by atoms with Crippen LogP contribution in [0.2, 0.25) is 0 Å². The van der Waals surface area contributed by atoms with E-state index in [2.05, 4.69) is 24.0 Å². The molecule has 2 aromatic rings. The molecule has 1 heterocycles. The number of hydrogen-bond donors (Lipinski definition) is 1. The van der Waals surface area contributed by atoms with Crippen molar-refractivity contribution in [2.24, 2.45) is 5.92 Å². The fourth-order valence-corrected chi connectivity index (χ4v) is 1.96. The first-order chi connectivity index (χ1) is 10.2. The fourth-order valence-electron chi connectivity index (χ4n) is 1.96. The van der Waals surface area contributed by atoms with E-state index < -0.39 is 0 Å². The molecule has 0 unspecified atom stereocenters. The maximum absolute atomic E-state index is 11.0. The van der Waals surface area contributed by atoms with Gasteiger partial charge in [-0.15, -0.1) is 0 Å². The van der Waals surface area contributed by atoms with Crippen molar-refractivity contribution in [2.45, 2.75) is 20.3 Å². The molecule has 0 bridgehead atoms. The average molecular weight is 288 g/mol. The van der Waals surface area contributed by atoms with E-state index in [1.165, 1.54) is 6.20 Å². The third-order valence-corrected chi connectivity index (χ3v) is 3.20. The van der Waals surface area contributed by atoms with Gasteiger partial charge < -0.3 is 9.47 Å². The summed E-state index contributed by atoms with van der Waals surface area (Å²) in [7, 11) is 1.60. The van der Waals surface area contributed by atoms with E-state index in [0.717, 1.165) is 18.3 Å². The molecule has 0 aliphatic heterocycles. The molecule has 0 aliphatic carbocycles. The Morgan fingerprint density at radius 1 is 1.33 bits per heavy atom. The lowest BCUT2D eigenvalue weighted by molar-refractivity contribution is 0.112. The van der Waals surface area contributed by atoms with Crippen LogP contribution in [0.25, 0.3) is 11.3 Å². The summed E-state index contributed by atoms with van der Waals surface area (Å²) in [6, 6.07) is 5.57. The Kier molecular flexibility index (Phi) is 4.98. The van der Waals surface area contributed by atoms with E-state index in [-0.39, 0.29) is 0 Å². The summed E-state index contributed by atoms with van der Waals surface area (Å²) in [5.74, 6) is 1.94. The van der Waals surface area contributed by atoms with Crippen molar-refractivity contribution < 1.29 is 14.3 Å². The third kappa shape index (κ3) is 3.62. The maximum Gasteiger partial charge on any atom is 0.161 e. The van der Waals surface area contributed by atoms with Crippen LogP contribution in [0.15, 0.2) is 24.4 Å². The number of hydrogen-bond acceptors (Lipinski definition) is 4. The number of aromatic nitrogens is 2. The molecule has 1 aromatic heterocycles. The quantitative estimate of drug-likeness (QED) is 0.794. The highest BCUT2D eigenvalue weighted by Gasteiger charge is 2.11. The Morgan fingerprint density at radius 3 is 2.81 bits per heavy atom. The van der Waals surface area contributed by atoms with E-state index >= 15 is 0 Å². The smallest absolute Gasteiger partial charge is 0.161 e. The van der Waals surface area contributed by atoms with Crippen molar-refractivity contribution in [3.63, 3.8) is 0 Å². The van der Waals surface area contributed by atoms with Crippen molar-refractivity contribution in [1.29, 1.82) is 0 Å². The van der Waals surface area contributed by atoms with Crippen molar-refractivity contribution >= 4 is 6.29 Å². The molecule has 2 rings (SSSR count). The van der Waals surface area contributed by atoms with Crippen LogP contribution in [-0.4, -0.2) is 30.2 Å². The van der Waals surface area contributed by atoms with Crippen LogP contribution in [0, 0.1) is 5.92 Å². The predicted octanol–water partition coefficient (Wildman–Crippen LogP) is 3.32. The molecular formula is C16H20N2O3. The van der Waals surface area contributed by atoms with Gasteiger partial charge >= 0.3 is 0 Å². The van der Waals surface area contributed by atoms with Gasteiger partial charge in [0.2, 0.25) is 0 Å². The molecule has 0 radical (unpaired) electrons. The van der Waals surface area contributed by atoms with Crippen LogP contribution >= 0.6 is 0 Å². The molecule has 1 aromatic carbocycles. The Hall–Kier alpha value is -2.30. The number of aromatic amines is 1. The number of aldehydes is 1. The lowest BCUT2D eigenvalue weighted by atomic mass is 10.1. The number of H-pyrrole nitrogens is 1. The van der Waals surface area contributed by atoms with Gasteiger partial charge in [0.25, 0.3) is 0 Å². The van der Waals surface area contributed by atoms with Gasteiger partial charge in [0.1, 0.15) is 0 Å². The molecule has 0 atom stereocenters. The van der Waals surface area contributed by atoms with E-state index in [9.17, 15) is 4.79 Å². The number of carbonyl (C=O) groups is 1. The third-order valence-electron chi connectivity index (χ3n) is 3.20. The summed E-state index contributed by atoms with van der Waals surface area (Å²) in [4.78, 5) is 11.0. The number of nitrogens with zero attached hydrogens (tertiary/aromatic N) is 1. The summed E-state index contributed by atoms with van der Waals surface area (Å²) < 4.78 is 11.1. The summed E-state index contributed by atoms with van der Waals surface area (Å²) in [6.07, 6.45) is 3.26. The SMILES string of the molecule is COc1cc(-c2[nH]ncc2C=O)ccc1OCCC(C)C. The molecule has 1 N–H and O–H groups in total. The highest BCUT2D eigenvalue weighted by molar-refractivity contribution is 5.85. The largest absolute Gasteiger partial charge is 0.493 e. The molecule has 112 valence electrons. The minimum atomic E-state index is 0.519. The topological polar surface area (TPSA) is 64.2 Å². The van der Waals surface area contributed by atoms with Gasteiger partial charge in [-0.05, 0) is 30.5 Å². The molecule has 0 aliphatic rings. The molecule has 0 saturated carbocycles. The van der Waals surface area contributed by atoms with Gasteiger partial charge in [-0.25, -0.2) is 0 Å². The summed E-state index contributed by atoms with van der Waals surface area (Å²) in [5, 5.41) is 6.71. The molecule has 5 heteroatoms. The minimum Gasteiger partial charge on any atom is -0.493 e.